The summed E-state index contributed by atoms with van der Waals surface area (Å²) < 4.78 is 35.4. The van der Waals surface area contributed by atoms with Crippen LogP contribution in [0.15, 0.2) is 41.4 Å². The predicted octanol–water partition coefficient (Wildman–Crippen LogP) is 3.03. The molecular formula is C10H8F3NOS. The molecular weight excluding hydrogens is 239 g/mol. The zero-order valence-corrected chi connectivity index (χ0v) is 8.85. The third kappa shape index (κ3) is 3.62. The molecule has 0 atom stereocenters. The van der Waals surface area contributed by atoms with E-state index in [9.17, 15) is 18.0 Å². The Morgan fingerprint density at radius 1 is 1.31 bits per heavy atom. The van der Waals surface area contributed by atoms with Gasteiger partial charge >= 0.3 is 6.18 Å². The summed E-state index contributed by atoms with van der Waals surface area (Å²) in [4.78, 5) is 11.0. The quantitative estimate of drug-likeness (QED) is 0.635. The first-order valence-corrected chi connectivity index (χ1v) is 4.68. The average molecular weight is 247 g/mol. The minimum absolute atomic E-state index is 0.431. The maximum absolute atomic E-state index is 11.8. The largest absolute Gasteiger partial charge is 0.454 e. The smallest absolute Gasteiger partial charge is 0.361 e. The molecule has 0 aliphatic carbocycles. The van der Waals surface area contributed by atoms with Crippen LogP contribution in [-0.4, -0.2) is 12.0 Å². The maximum Gasteiger partial charge on any atom is 0.454 e. The minimum atomic E-state index is -4.83. The number of hydrogen-bond donors (Lipinski definition) is 2. The number of para-hydroxylation sites is 1. The molecule has 1 aromatic carbocycles. The fraction of sp³-hybridized carbons (Fsp3) is 0.100. The summed E-state index contributed by atoms with van der Waals surface area (Å²) in [6.07, 6.45) is -3.47. The van der Waals surface area contributed by atoms with E-state index in [0.29, 0.717) is 16.7 Å². The van der Waals surface area contributed by atoms with Crippen LogP contribution < -0.4 is 5.32 Å². The van der Waals surface area contributed by atoms with Gasteiger partial charge in [0.15, 0.2) is 0 Å². The third-order valence-electron chi connectivity index (χ3n) is 1.66. The van der Waals surface area contributed by atoms with Crippen molar-refractivity contribution < 1.29 is 18.0 Å². The average Bonchev–Trinajstić information content (AvgIpc) is 2.19. The first-order chi connectivity index (χ1) is 7.41. The van der Waals surface area contributed by atoms with Crippen molar-refractivity contribution in [2.24, 2.45) is 0 Å². The van der Waals surface area contributed by atoms with E-state index < -0.39 is 12.0 Å². The van der Waals surface area contributed by atoms with Gasteiger partial charge in [-0.15, -0.1) is 12.6 Å². The number of carbonyl (C=O) groups excluding carboxylic acids is 1. The van der Waals surface area contributed by atoms with Crippen molar-refractivity contribution in [3.63, 3.8) is 0 Å². The molecule has 0 radical (unpaired) electrons. The number of allylic oxidation sites excluding steroid dienone is 1. The standard InChI is InChI=1S/C10H8F3NOS/c11-10(12,13)9(15)5-6-14-7-3-1-2-4-8(7)16/h1-6,14,16H/b6-5+. The van der Waals surface area contributed by atoms with Crippen LogP contribution in [-0.2, 0) is 4.79 Å². The lowest BCUT2D eigenvalue weighted by Crippen LogP contribution is -2.20. The van der Waals surface area contributed by atoms with Crippen molar-refractivity contribution in [1.29, 1.82) is 0 Å². The van der Waals surface area contributed by atoms with E-state index in [-0.39, 0.29) is 0 Å². The van der Waals surface area contributed by atoms with Crippen molar-refractivity contribution in [3.8, 4) is 0 Å². The molecule has 0 unspecified atom stereocenters. The van der Waals surface area contributed by atoms with E-state index in [4.69, 9.17) is 0 Å². The van der Waals surface area contributed by atoms with Crippen LogP contribution in [0.4, 0.5) is 18.9 Å². The van der Waals surface area contributed by atoms with Gasteiger partial charge in [-0.3, -0.25) is 4.79 Å². The van der Waals surface area contributed by atoms with E-state index in [1.54, 1.807) is 24.3 Å². The molecule has 0 aromatic heterocycles. The molecule has 1 N–H and O–H groups in total. The van der Waals surface area contributed by atoms with Crippen LogP contribution in [0.3, 0.4) is 0 Å². The third-order valence-corrected chi connectivity index (χ3v) is 2.05. The fourth-order valence-corrected chi connectivity index (χ4v) is 1.12. The molecule has 1 rings (SSSR count). The number of ketones is 1. The Hall–Kier alpha value is -1.43. The van der Waals surface area contributed by atoms with Crippen molar-refractivity contribution in [2.75, 3.05) is 5.32 Å². The minimum Gasteiger partial charge on any atom is -0.361 e. The lowest BCUT2D eigenvalue weighted by molar-refractivity contribution is -0.165. The summed E-state index contributed by atoms with van der Waals surface area (Å²) in [5, 5.41) is 2.54. The highest BCUT2D eigenvalue weighted by molar-refractivity contribution is 7.80. The number of nitrogens with one attached hydrogen (secondary N) is 1. The molecule has 2 nitrogen and oxygen atoms in total. The van der Waals surface area contributed by atoms with Gasteiger partial charge in [0.1, 0.15) is 0 Å². The monoisotopic (exact) mass is 247 g/mol. The molecule has 6 heteroatoms. The summed E-state index contributed by atoms with van der Waals surface area (Å²) in [6.45, 7) is 0. The van der Waals surface area contributed by atoms with Crippen molar-refractivity contribution >= 4 is 24.1 Å². The number of halogens is 3. The van der Waals surface area contributed by atoms with Crippen LogP contribution in [0.2, 0.25) is 0 Å². The van der Waals surface area contributed by atoms with Crippen LogP contribution in [0.25, 0.3) is 0 Å². The highest BCUT2D eigenvalue weighted by Gasteiger charge is 2.35. The molecule has 0 saturated carbocycles. The zero-order chi connectivity index (χ0) is 12.2. The van der Waals surface area contributed by atoms with Crippen LogP contribution in [0, 0.1) is 0 Å². The summed E-state index contributed by atoms with van der Waals surface area (Å²) in [6, 6.07) is 6.73. The molecule has 16 heavy (non-hydrogen) atoms. The van der Waals surface area contributed by atoms with Gasteiger partial charge in [-0.05, 0) is 12.1 Å². The van der Waals surface area contributed by atoms with Gasteiger partial charge in [-0.25, -0.2) is 0 Å². The summed E-state index contributed by atoms with van der Waals surface area (Å²) in [5.41, 5.74) is 0.525. The zero-order valence-electron chi connectivity index (χ0n) is 7.95. The Labute approximate surface area is 95.6 Å². The Bertz CT molecular complexity index is 415. The molecule has 0 bridgehead atoms. The van der Waals surface area contributed by atoms with Gasteiger partial charge in [0.2, 0.25) is 0 Å². The Morgan fingerprint density at radius 3 is 2.50 bits per heavy atom. The van der Waals surface area contributed by atoms with Gasteiger partial charge in [-0.1, -0.05) is 12.1 Å². The van der Waals surface area contributed by atoms with Gasteiger partial charge in [-0.2, -0.15) is 13.2 Å². The van der Waals surface area contributed by atoms with Crippen molar-refractivity contribution in [3.05, 3.63) is 36.5 Å². The summed E-state index contributed by atoms with van der Waals surface area (Å²) >= 11 is 4.08. The van der Waals surface area contributed by atoms with E-state index in [2.05, 4.69) is 17.9 Å². The van der Waals surface area contributed by atoms with Crippen LogP contribution in [0.1, 0.15) is 0 Å². The predicted molar refractivity (Wildman–Crippen MR) is 57.5 cm³/mol. The summed E-state index contributed by atoms with van der Waals surface area (Å²) in [7, 11) is 0. The maximum atomic E-state index is 11.8. The molecule has 0 heterocycles. The molecule has 0 saturated heterocycles. The number of anilines is 1. The molecule has 0 aliphatic heterocycles. The molecule has 0 fully saturated rings. The Morgan fingerprint density at radius 2 is 1.94 bits per heavy atom. The van der Waals surface area contributed by atoms with Gasteiger partial charge < -0.3 is 5.32 Å². The second-order valence-corrected chi connectivity index (χ2v) is 3.34. The number of benzene rings is 1. The highest BCUT2D eigenvalue weighted by Crippen LogP contribution is 2.19. The van der Waals surface area contributed by atoms with E-state index in [1.807, 2.05) is 0 Å². The Balaban J connectivity index is 2.62. The lowest BCUT2D eigenvalue weighted by atomic mass is 10.3. The van der Waals surface area contributed by atoms with Crippen LogP contribution >= 0.6 is 12.6 Å². The van der Waals surface area contributed by atoms with E-state index in [0.717, 1.165) is 6.20 Å². The second kappa shape index (κ2) is 5.07. The first-order valence-electron chi connectivity index (χ1n) is 4.23. The normalized spacial score (nSPS) is 11.8. The van der Waals surface area contributed by atoms with Crippen molar-refractivity contribution in [1.82, 2.24) is 0 Å². The molecule has 0 amide bonds. The highest BCUT2D eigenvalue weighted by atomic mass is 32.1. The topological polar surface area (TPSA) is 29.1 Å². The number of thiol groups is 1. The molecule has 86 valence electrons. The second-order valence-electron chi connectivity index (χ2n) is 2.86. The van der Waals surface area contributed by atoms with E-state index >= 15 is 0 Å². The SMILES string of the molecule is O=C(/C=C/Nc1ccccc1S)C(F)(F)F. The molecule has 0 aliphatic rings. The Kier molecular flexibility index (Phi) is 4.00. The van der Waals surface area contributed by atoms with Crippen molar-refractivity contribution in [2.45, 2.75) is 11.1 Å². The van der Waals surface area contributed by atoms with Gasteiger partial charge in [0.25, 0.3) is 5.78 Å². The van der Waals surface area contributed by atoms with Gasteiger partial charge in [0.05, 0.1) is 5.69 Å². The summed E-state index contributed by atoms with van der Waals surface area (Å²) in [5.74, 6) is -1.91. The number of alkyl halides is 3. The number of hydrogen-bond acceptors (Lipinski definition) is 3. The first kappa shape index (κ1) is 12.6. The van der Waals surface area contributed by atoms with E-state index in [1.165, 1.54) is 0 Å². The molecule has 1 aromatic rings. The fourth-order valence-electron chi connectivity index (χ4n) is 0.897. The van der Waals surface area contributed by atoms with Crippen LogP contribution in [0.5, 0.6) is 0 Å². The molecule has 0 spiro atoms. The number of carbonyl (C=O) groups is 1. The lowest BCUT2D eigenvalue weighted by Gasteiger charge is -2.03. The van der Waals surface area contributed by atoms with Gasteiger partial charge in [0, 0.05) is 17.2 Å². The number of rotatable bonds is 3.